The standard InChI is InChI=1S/C52H66N8O7/c1-3-4-5-6-13-21-47(62)55-28-15-14-20-43(57-49(63)42(54)32-40-33-60(34-56-40)48(38-16-9-7-10-17-38)39-18-11-8-12-19-39)50(64)58-44(30-36-24-22-35(2)23-25-36)51(65)59-45(52(66)67)31-37-26-27-46(61)41(53)29-37/h7-12,16-19,22-27,29,33-34,42-45,48,61H,3-6,13-15,20-21,28,30-32,53-54H2,1-2H3,(H,55,62)(H,57,63)(H,58,64)(H,59,65)(H,66,67). The first-order valence-electron chi connectivity index (χ1n) is 23.2. The topological polar surface area (TPSA) is 244 Å². The number of imidazole rings is 1. The van der Waals surface area contributed by atoms with E-state index in [0.29, 0.717) is 42.6 Å². The van der Waals surface area contributed by atoms with E-state index >= 15 is 0 Å². The summed E-state index contributed by atoms with van der Waals surface area (Å²) in [4.78, 5) is 71.8. The van der Waals surface area contributed by atoms with Gasteiger partial charge in [0.25, 0.3) is 0 Å². The first-order valence-corrected chi connectivity index (χ1v) is 23.2. The van der Waals surface area contributed by atoms with Crippen LogP contribution >= 0.6 is 0 Å². The molecule has 0 aliphatic rings. The zero-order valence-corrected chi connectivity index (χ0v) is 38.5. The van der Waals surface area contributed by atoms with Crippen molar-refractivity contribution in [3.05, 3.63) is 149 Å². The van der Waals surface area contributed by atoms with Crippen molar-refractivity contribution >= 4 is 35.3 Å². The van der Waals surface area contributed by atoms with E-state index in [2.05, 4.69) is 33.2 Å². The Morgan fingerprint density at radius 1 is 0.687 bits per heavy atom. The first-order chi connectivity index (χ1) is 32.3. The molecular formula is C52H66N8O7. The molecule has 0 spiro atoms. The summed E-state index contributed by atoms with van der Waals surface area (Å²) in [6.45, 7) is 4.44. The average Bonchev–Trinajstić information content (AvgIpc) is 3.77. The number of aromatic nitrogens is 2. The van der Waals surface area contributed by atoms with Gasteiger partial charge in [0.1, 0.15) is 23.9 Å². The Kier molecular flexibility index (Phi) is 20.0. The van der Waals surface area contributed by atoms with E-state index in [0.717, 1.165) is 48.8 Å². The number of amides is 4. The molecule has 0 saturated carbocycles. The van der Waals surface area contributed by atoms with Crippen LogP contribution in [-0.2, 0) is 43.2 Å². The fraction of sp³-hybridized carbons (Fsp3) is 0.385. The quantitative estimate of drug-likeness (QED) is 0.0183. The van der Waals surface area contributed by atoms with Crippen LogP contribution in [0.3, 0.4) is 0 Å². The highest BCUT2D eigenvalue weighted by Gasteiger charge is 2.31. The number of aliphatic carboxylic acids is 1. The van der Waals surface area contributed by atoms with Crippen LogP contribution < -0.4 is 32.7 Å². The lowest BCUT2D eigenvalue weighted by Crippen LogP contribution is -2.58. The molecule has 15 heteroatoms. The number of unbranched alkanes of at least 4 members (excludes halogenated alkanes) is 5. The number of carboxylic acid groups (broad SMARTS) is 1. The van der Waals surface area contributed by atoms with Crippen LogP contribution in [0.15, 0.2) is 116 Å². The Bertz CT molecular complexity index is 2320. The lowest BCUT2D eigenvalue weighted by molar-refractivity contribution is -0.142. The minimum atomic E-state index is -1.41. The van der Waals surface area contributed by atoms with Crippen LogP contribution in [0.25, 0.3) is 0 Å². The number of rotatable bonds is 27. The number of benzene rings is 4. The highest BCUT2D eigenvalue weighted by molar-refractivity contribution is 5.94. The van der Waals surface area contributed by atoms with E-state index in [1.165, 1.54) is 18.2 Å². The fourth-order valence-electron chi connectivity index (χ4n) is 7.86. The van der Waals surface area contributed by atoms with Gasteiger partial charge in [-0.1, -0.05) is 129 Å². The molecule has 4 aromatic carbocycles. The predicted molar refractivity (Wildman–Crippen MR) is 259 cm³/mol. The predicted octanol–water partition coefficient (Wildman–Crippen LogP) is 5.66. The molecule has 0 aliphatic heterocycles. The van der Waals surface area contributed by atoms with Crippen molar-refractivity contribution in [3.63, 3.8) is 0 Å². The molecule has 4 unspecified atom stereocenters. The van der Waals surface area contributed by atoms with E-state index in [1.807, 2.05) is 103 Å². The van der Waals surface area contributed by atoms with Crippen LogP contribution in [0.1, 0.15) is 104 Å². The molecule has 10 N–H and O–H groups in total. The minimum Gasteiger partial charge on any atom is -0.506 e. The number of phenols is 1. The summed E-state index contributed by atoms with van der Waals surface area (Å²) in [5.41, 5.74) is 17.2. The number of nitrogen functional groups attached to an aromatic ring is 1. The summed E-state index contributed by atoms with van der Waals surface area (Å²) in [5, 5.41) is 31.2. The second kappa shape index (κ2) is 26.2. The van der Waals surface area contributed by atoms with Crippen LogP contribution in [0.4, 0.5) is 5.69 Å². The van der Waals surface area contributed by atoms with Crippen molar-refractivity contribution in [2.45, 2.75) is 121 Å². The third-order valence-corrected chi connectivity index (χ3v) is 11.7. The molecular weight excluding hydrogens is 849 g/mol. The molecule has 0 bridgehead atoms. The fourth-order valence-corrected chi connectivity index (χ4v) is 7.86. The van der Waals surface area contributed by atoms with Gasteiger partial charge in [-0.15, -0.1) is 0 Å². The number of carbonyl (C=O) groups excluding carboxylic acids is 4. The largest absolute Gasteiger partial charge is 0.506 e. The monoisotopic (exact) mass is 915 g/mol. The molecule has 0 aliphatic carbocycles. The van der Waals surface area contributed by atoms with E-state index in [9.17, 15) is 34.2 Å². The van der Waals surface area contributed by atoms with Crippen LogP contribution in [-0.4, -0.2) is 80.1 Å². The molecule has 0 fully saturated rings. The summed E-state index contributed by atoms with van der Waals surface area (Å²) < 4.78 is 1.97. The molecule has 5 rings (SSSR count). The Morgan fingerprint density at radius 3 is 1.93 bits per heavy atom. The van der Waals surface area contributed by atoms with Gasteiger partial charge in [0.05, 0.1) is 29.8 Å². The maximum absolute atomic E-state index is 14.3. The summed E-state index contributed by atoms with van der Waals surface area (Å²) in [5.74, 6) is -3.54. The molecule has 15 nitrogen and oxygen atoms in total. The SMILES string of the molecule is CCCCCCCC(=O)NCCCCC(NC(=O)C(N)Cc1cn(C(c2ccccc2)c2ccccc2)cn1)C(=O)NC(Cc1ccc(C)cc1)C(=O)NC(Cc1ccc(O)c(N)c1)C(=O)O. The van der Waals surface area contributed by atoms with E-state index < -0.39 is 47.9 Å². The summed E-state index contributed by atoms with van der Waals surface area (Å²) in [6, 6.07) is 26.5. The maximum atomic E-state index is 14.3. The van der Waals surface area contributed by atoms with Gasteiger partial charge in [-0.25, -0.2) is 9.78 Å². The van der Waals surface area contributed by atoms with Gasteiger partial charge in [0.15, 0.2) is 0 Å². The number of hydrogen-bond donors (Lipinski definition) is 8. The third kappa shape index (κ3) is 16.4. The Hall–Kier alpha value is -7.00. The van der Waals surface area contributed by atoms with Crippen molar-refractivity contribution in [2.24, 2.45) is 5.73 Å². The van der Waals surface area contributed by atoms with Gasteiger partial charge in [-0.2, -0.15) is 0 Å². The van der Waals surface area contributed by atoms with Crippen molar-refractivity contribution in [3.8, 4) is 5.75 Å². The zero-order chi connectivity index (χ0) is 48.1. The summed E-state index contributed by atoms with van der Waals surface area (Å²) in [7, 11) is 0. The molecule has 1 heterocycles. The maximum Gasteiger partial charge on any atom is 0.326 e. The molecule has 5 aromatic rings. The number of nitrogens with two attached hydrogens (primary N) is 2. The second-order valence-electron chi connectivity index (χ2n) is 17.2. The smallest absolute Gasteiger partial charge is 0.326 e. The average molecular weight is 915 g/mol. The van der Waals surface area contributed by atoms with Crippen LogP contribution in [0.5, 0.6) is 5.75 Å². The zero-order valence-electron chi connectivity index (χ0n) is 38.5. The van der Waals surface area contributed by atoms with Gasteiger partial charge in [-0.05, 0) is 67.0 Å². The number of phenolic OH excluding ortho intramolecular Hbond substituents is 1. The normalized spacial score (nSPS) is 13.0. The van der Waals surface area contributed by atoms with E-state index in [4.69, 9.17) is 11.5 Å². The van der Waals surface area contributed by atoms with E-state index in [-0.39, 0.29) is 49.1 Å². The number of hydrogen-bond acceptors (Lipinski definition) is 9. The molecule has 356 valence electrons. The number of carbonyl (C=O) groups is 5. The highest BCUT2D eigenvalue weighted by atomic mass is 16.4. The number of aromatic hydroxyl groups is 1. The molecule has 4 atom stereocenters. The van der Waals surface area contributed by atoms with Crippen molar-refractivity contribution in [1.82, 2.24) is 30.8 Å². The number of carboxylic acids is 1. The number of aryl methyl sites for hydroxylation is 1. The lowest BCUT2D eigenvalue weighted by atomic mass is 9.98. The van der Waals surface area contributed by atoms with Gasteiger partial charge >= 0.3 is 5.97 Å². The summed E-state index contributed by atoms with van der Waals surface area (Å²) in [6.07, 6.45) is 10.2. The van der Waals surface area contributed by atoms with Gasteiger partial charge in [0, 0.05) is 38.4 Å². The molecule has 0 saturated heterocycles. The first kappa shape index (κ1) is 51.0. The highest BCUT2D eigenvalue weighted by Crippen LogP contribution is 2.27. The number of nitrogens with zero attached hydrogens (tertiary/aromatic N) is 2. The Morgan fingerprint density at radius 2 is 1.28 bits per heavy atom. The van der Waals surface area contributed by atoms with Gasteiger partial charge < -0.3 is 47.5 Å². The van der Waals surface area contributed by atoms with Crippen molar-refractivity contribution < 1.29 is 34.2 Å². The Labute approximate surface area is 393 Å². The van der Waals surface area contributed by atoms with E-state index in [1.54, 1.807) is 6.33 Å². The Balaban J connectivity index is 1.31. The van der Waals surface area contributed by atoms with Crippen molar-refractivity contribution in [1.29, 1.82) is 0 Å². The molecule has 1 aromatic heterocycles. The second-order valence-corrected chi connectivity index (χ2v) is 17.2. The van der Waals surface area contributed by atoms with Crippen molar-refractivity contribution in [2.75, 3.05) is 12.3 Å². The summed E-state index contributed by atoms with van der Waals surface area (Å²) >= 11 is 0. The third-order valence-electron chi connectivity index (χ3n) is 11.7. The molecule has 4 amide bonds. The van der Waals surface area contributed by atoms with Gasteiger partial charge in [-0.3, -0.25) is 19.2 Å². The van der Waals surface area contributed by atoms with Crippen LogP contribution in [0.2, 0.25) is 0 Å². The number of nitrogens with one attached hydrogen (secondary N) is 4. The lowest BCUT2D eigenvalue weighted by Gasteiger charge is -2.25. The minimum absolute atomic E-state index is 0.0105. The number of anilines is 1. The van der Waals surface area contributed by atoms with Crippen LogP contribution in [0, 0.1) is 6.92 Å². The molecule has 0 radical (unpaired) electrons. The van der Waals surface area contributed by atoms with Gasteiger partial charge in [0.2, 0.25) is 23.6 Å². The molecule has 67 heavy (non-hydrogen) atoms.